The van der Waals surface area contributed by atoms with Gasteiger partial charge in [-0.1, -0.05) is 38.0 Å². The van der Waals surface area contributed by atoms with Gasteiger partial charge in [0.25, 0.3) is 0 Å². The minimum absolute atomic E-state index is 0.00276. The Kier molecular flexibility index (Phi) is 4.01. The van der Waals surface area contributed by atoms with Crippen LogP contribution in [-0.4, -0.2) is 13.1 Å². The number of methoxy groups -OCH3 is 1. The lowest BCUT2D eigenvalue weighted by Gasteiger charge is -2.58. The van der Waals surface area contributed by atoms with Crippen LogP contribution >= 0.6 is 0 Å². The van der Waals surface area contributed by atoms with Gasteiger partial charge in [-0.05, 0) is 68.1 Å². The number of fused-ring (bicyclic) bond motifs is 3. The quantitative estimate of drug-likeness (QED) is 0.511. The van der Waals surface area contributed by atoms with Crippen LogP contribution in [0.1, 0.15) is 65.7 Å². The van der Waals surface area contributed by atoms with Gasteiger partial charge in [0.15, 0.2) is 0 Å². The minimum Gasteiger partial charge on any atom is -0.469 e. The number of esters is 1. The van der Waals surface area contributed by atoms with Crippen LogP contribution in [0, 0.1) is 28.1 Å². The van der Waals surface area contributed by atoms with Crippen molar-refractivity contribution in [3.63, 3.8) is 0 Å². The standard InChI is InChI=1S/C21H32O2/c1-6-19(2)13-10-16-15(14-19)8-9-17-20(16,3)11-7-12-21(17,4)18(22)23-5/h6,8,16-17H,1,7,9-14H2,2-5H3/t16?,17?,19?,20?,21-/m1/s1. The Hall–Kier alpha value is -1.05. The van der Waals surface area contributed by atoms with Crippen LogP contribution in [0.2, 0.25) is 0 Å². The molecule has 0 radical (unpaired) electrons. The highest BCUT2D eigenvalue weighted by Gasteiger charge is 2.58. The third-order valence-corrected chi connectivity index (χ3v) is 7.59. The molecule has 2 fully saturated rings. The summed E-state index contributed by atoms with van der Waals surface area (Å²) in [5.41, 5.74) is 1.81. The molecule has 2 nitrogen and oxygen atoms in total. The summed E-state index contributed by atoms with van der Waals surface area (Å²) in [6, 6.07) is 0. The number of ether oxygens (including phenoxy) is 1. The molecule has 0 heterocycles. The molecule has 3 aliphatic rings. The highest BCUT2D eigenvalue weighted by molar-refractivity contribution is 5.77. The van der Waals surface area contributed by atoms with Crippen LogP contribution in [0.25, 0.3) is 0 Å². The van der Waals surface area contributed by atoms with E-state index in [4.69, 9.17) is 4.74 Å². The highest BCUT2D eigenvalue weighted by Crippen LogP contribution is 2.63. The largest absolute Gasteiger partial charge is 0.469 e. The fraction of sp³-hybridized carbons (Fsp3) is 0.762. The van der Waals surface area contributed by atoms with Gasteiger partial charge in [0.2, 0.25) is 0 Å². The summed E-state index contributed by atoms with van der Waals surface area (Å²) in [6.07, 6.45) is 12.6. The molecule has 2 heteroatoms. The molecule has 128 valence electrons. The molecule has 0 aromatic rings. The predicted octanol–water partition coefficient (Wildman–Crippen LogP) is 5.29. The van der Waals surface area contributed by atoms with Crippen LogP contribution in [-0.2, 0) is 9.53 Å². The molecule has 0 aliphatic heterocycles. The number of carbonyl (C=O) groups is 1. The molecule has 0 aromatic carbocycles. The fourth-order valence-electron chi connectivity index (χ4n) is 6.09. The topological polar surface area (TPSA) is 26.3 Å². The number of hydrogen-bond acceptors (Lipinski definition) is 2. The van der Waals surface area contributed by atoms with Crippen molar-refractivity contribution in [1.82, 2.24) is 0 Å². The van der Waals surface area contributed by atoms with Gasteiger partial charge in [0.05, 0.1) is 12.5 Å². The third-order valence-electron chi connectivity index (χ3n) is 7.59. The average molecular weight is 316 g/mol. The first-order valence-electron chi connectivity index (χ1n) is 9.20. The Balaban J connectivity index is 1.97. The zero-order valence-electron chi connectivity index (χ0n) is 15.3. The number of carbonyl (C=O) groups excluding carboxylic acids is 1. The first-order valence-corrected chi connectivity index (χ1v) is 9.20. The van der Waals surface area contributed by atoms with E-state index in [-0.39, 0.29) is 22.2 Å². The van der Waals surface area contributed by atoms with Gasteiger partial charge < -0.3 is 4.74 Å². The monoisotopic (exact) mass is 316 g/mol. The molecular weight excluding hydrogens is 284 g/mol. The molecular formula is C21H32O2. The molecule has 0 bridgehead atoms. The summed E-state index contributed by atoms with van der Waals surface area (Å²) in [7, 11) is 1.54. The Morgan fingerprint density at radius 3 is 2.70 bits per heavy atom. The van der Waals surface area contributed by atoms with Crippen molar-refractivity contribution < 1.29 is 9.53 Å². The number of allylic oxidation sites excluding steroid dienone is 3. The van der Waals surface area contributed by atoms with Crippen molar-refractivity contribution in [2.24, 2.45) is 28.1 Å². The second kappa shape index (κ2) is 5.50. The molecule has 23 heavy (non-hydrogen) atoms. The lowest BCUT2D eigenvalue weighted by atomic mass is 9.45. The van der Waals surface area contributed by atoms with Crippen molar-refractivity contribution in [2.75, 3.05) is 7.11 Å². The summed E-state index contributed by atoms with van der Waals surface area (Å²) < 4.78 is 5.20. The van der Waals surface area contributed by atoms with Crippen LogP contribution < -0.4 is 0 Å². The summed E-state index contributed by atoms with van der Waals surface area (Å²) in [6.45, 7) is 11.0. The van der Waals surface area contributed by atoms with Gasteiger partial charge in [0, 0.05) is 0 Å². The molecule has 0 amide bonds. The zero-order chi connectivity index (χ0) is 16.9. The van der Waals surface area contributed by atoms with Crippen LogP contribution in [0.3, 0.4) is 0 Å². The summed E-state index contributed by atoms with van der Waals surface area (Å²) in [4.78, 5) is 12.5. The molecule has 0 aromatic heterocycles. The van der Waals surface area contributed by atoms with E-state index in [0.29, 0.717) is 11.8 Å². The summed E-state index contributed by atoms with van der Waals surface area (Å²) in [5, 5.41) is 0. The lowest BCUT2D eigenvalue weighted by Crippen LogP contribution is -2.54. The highest BCUT2D eigenvalue weighted by atomic mass is 16.5. The number of hydrogen-bond donors (Lipinski definition) is 0. The summed E-state index contributed by atoms with van der Waals surface area (Å²) >= 11 is 0. The van der Waals surface area contributed by atoms with E-state index in [2.05, 4.69) is 39.5 Å². The molecule has 5 atom stereocenters. The molecule has 3 rings (SSSR count). The first kappa shape index (κ1) is 16.8. The van der Waals surface area contributed by atoms with Gasteiger partial charge in [0.1, 0.15) is 0 Å². The lowest BCUT2D eigenvalue weighted by molar-refractivity contribution is -0.166. The molecule has 2 saturated carbocycles. The van der Waals surface area contributed by atoms with E-state index in [0.717, 1.165) is 25.7 Å². The van der Waals surface area contributed by atoms with E-state index in [9.17, 15) is 4.79 Å². The van der Waals surface area contributed by atoms with E-state index in [1.807, 2.05) is 0 Å². The Morgan fingerprint density at radius 1 is 1.30 bits per heavy atom. The van der Waals surface area contributed by atoms with Crippen molar-refractivity contribution in [3.05, 3.63) is 24.3 Å². The Morgan fingerprint density at radius 2 is 2.04 bits per heavy atom. The smallest absolute Gasteiger partial charge is 0.311 e. The maximum Gasteiger partial charge on any atom is 0.311 e. The summed E-state index contributed by atoms with van der Waals surface area (Å²) in [5.74, 6) is 1.05. The van der Waals surface area contributed by atoms with Crippen LogP contribution in [0.5, 0.6) is 0 Å². The Labute approximate surface area is 141 Å². The Bertz CT molecular complexity index is 548. The third kappa shape index (κ3) is 2.40. The van der Waals surface area contributed by atoms with Crippen molar-refractivity contribution in [2.45, 2.75) is 65.7 Å². The van der Waals surface area contributed by atoms with Crippen molar-refractivity contribution in [3.8, 4) is 0 Å². The maximum absolute atomic E-state index is 12.5. The second-order valence-electron chi connectivity index (χ2n) is 8.96. The van der Waals surface area contributed by atoms with E-state index in [1.54, 1.807) is 12.7 Å². The zero-order valence-corrected chi connectivity index (χ0v) is 15.3. The van der Waals surface area contributed by atoms with Gasteiger partial charge in [-0.25, -0.2) is 0 Å². The first-order chi connectivity index (χ1) is 10.8. The normalized spacial score (nSPS) is 46.2. The van der Waals surface area contributed by atoms with Crippen molar-refractivity contribution in [1.29, 1.82) is 0 Å². The molecule has 4 unspecified atom stereocenters. The fourth-order valence-corrected chi connectivity index (χ4v) is 6.09. The SMILES string of the molecule is C=CC1(C)CCC2C(=CCC3C2(C)CCC[C@@]3(C)C(=O)OC)C1. The molecule has 0 N–H and O–H groups in total. The van der Waals surface area contributed by atoms with Crippen molar-refractivity contribution >= 4 is 5.97 Å². The minimum atomic E-state index is -0.317. The van der Waals surface area contributed by atoms with Gasteiger partial charge in [-0.2, -0.15) is 0 Å². The predicted molar refractivity (Wildman–Crippen MR) is 93.9 cm³/mol. The van der Waals surface area contributed by atoms with E-state index in [1.165, 1.54) is 19.3 Å². The van der Waals surface area contributed by atoms with E-state index >= 15 is 0 Å². The van der Waals surface area contributed by atoms with E-state index < -0.39 is 0 Å². The van der Waals surface area contributed by atoms with Gasteiger partial charge in [-0.15, -0.1) is 6.58 Å². The van der Waals surface area contributed by atoms with Crippen LogP contribution in [0.15, 0.2) is 24.3 Å². The molecule has 0 saturated heterocycles. The number of rotatable bonds is 2. The van der Waals surface area contributed by atoms with Gasteiger partial charge in [-0.3, -0.25) is 4.79 Å². The maximum atomic E-state index is 12.5. The molecule has 0 spiro atoms. The average Bonchev–Trinajstić information content (AvgIpc) is 2.53. The molecule has 3 aliphatic carbocycles. The van der Waals surface area contributed by atoms with Crippen LogP contribution in [0.4, 0.5) is 0 Å². The second-order valence-corrected chi connectivity index (χ2v) is 8.96. The van der Waals surface area contributed by atoms with Gasteiger partial charge >= 0.3 is 5.97 Å².